The number of hydrogen-bond donors (Lipinski definition) is 2. The van der Waals surface area contributed by atoms with E-state index < -0.39 is 0 Å². The minimum atomic E-state index is 0.549. The number of benzene rings is 1. The van der Waals surface area contributed by atoms with E-state index in [1.165, 1.54) is 31.4 Å². The van der Waals surface area contributed by atoms with Crippen molar-refractivity contribution >= 4 is 22.4 Å². The summed E-state index contributed by atoms with van der Waals surface area (Å²) in [5.41, 5.74) is 4.48. The highest BCUT2D eigenvalue weighted by Crippen LogP contribution is 2.31. The van der Waals surface area contributed by atoms with E-state index >= 15 is 0 Å². The van der Waals surface area contributed by atoms with Gasteiger partial charge in [0, 0.05) is 27.1 Å². The molecule has 4 nitrogen and oxygen atoms in total. The van der Waals surface area contributed by atoms with Gasteiger partial charge in [0.25, 0.3) is 0 Å². The summed E-state index contributed by atoms with van der Waals surface area (Å²) in [7, 11) is 6.08. The van der Waals surface area contributed by atoms with Crippen molar-refractivity contribution in [3.8, 4) is 0 Å². The van der Waals surface area contributed by atoms with Crippen LogP contribution in [0.3, 0.4) is 0 Å². The van der Waals surface area contributed by atoms with Gasteiger partial charge in [0.2, 0.25) is 0 Å². The molecule has 0 bridgehead atoms. The Morgan fingerprint density at radius 3 is 2.38 bits per heavy atom. The Kier molecular flexibility index (Phi) is 5.10. The number of nitrogens with one attached hydrogen (secondary N) is 2. The van der Waals surface area contributed by atoms with E-state index in [0.29, 0.717) is 5.92 Å². The summed E-state index contributed by atoms with van der Waals surface area (Å²) in [4.78, 5) is 10.5. The molecule has 0 amide bonds. The van der Waals surface area contributed by atoms with Gasteiger partial charge in [-0.2, -0.15) is 0 Å². The Labute approximate surface area is 128 Å². The molecule has 1 aromatic heterocycles. The number of imidazole rings is 1. The van der Waals surface area contributed by atoms with Crippen molar-refractivity contribution in [3.05, 3.63) is 18.0 Å². The molecule has 0 aliphatic rings. The van der Waals surface area contributed by atoms with Crippen LogP contribution in [0.5, 0.6) is 0 Å². The van der Waals surface area contributed by atoms with Crippen molar-refractivity contribution in [2.75, 3.05) is 31.4 Å². The summed E-state index contributed by atoms with van der Waals surface area (Å²) in [5, 5.41) is 3.27. The van der Waals surface area contributed by atoms with Gasteiger partial charge in [0.05, 0.1) is 22.4 Å². The third-order valence-electron chi connectivity index (χ3n) is 4.03. The monoisotopic (exact) mass is 288 g/mol. The van der Waals surface area contributed by atoms with Crippen molar-refractivity contribution in [2.24, 2.45) is 0 Å². The van der Waals surface area contributed by atoms with Gasteiger partial charge in [-0.3, -0.25) is 0 Å². The lowest BCUT2D eigenvalue weighted by molar-refractivity contribution is 0.539. The molecule has 0 spiro atoms. The zero-order chi connectivity index (χ0) is 15.4. The molecule has 1 heterocycles. The smallest absolute Gasteiger partial charge is 0.110 e. The molecular formula is C17H28N4. The minimum Gasteiger partial charge on any atom is -0.386 e. The van der Waals surface area contributed by atoms with Gasteiger partial charge in [0.15, 0.2) is 0 Å². The lowest BCUT2D eigenvalue weighted by Crippen LogP contribution is -2.10. The fourth-order valence-electron chi connectivity index (χ4n) is 2.94. The van der Waals surface area contributed by atoms with E-state index in [9.17, 15) is 0 Å². The summed E-state index contributed by atoms with van der Waals surface area (Å²) in [6.07, 6.45) is 4.80. The van der Waals surface area contributed by atoms with E-state index in [-0.39, 0.29) is 0 Å². The predicted molar refractivity (Wildman–Crippen MR) is 92.5 cm³/mol. The second-order valence-corrected chi connectivity index (χ2v) is 5.93. The van der Waals surface area contributed by atoms with Crippen LogP contribution in [0.1, 0.15) is 51.3 Å². The number of fused-ring (bicyclic) bond motifs is 1. The summed E-state index contributed by atoms with van der Waals surface area (Å²) in [6, 6.07) is 4.33. The lowest BCUT2D eigenvalue weighted by Gasteiger charge is -2.16. The Hall–Kier alpha value is -1.71. The third-order valence-corrected chi connectivity index (χ3v) is 4.03. The van der Waals surface area contributed by atoms with Crippen LogP contribution in [0, 0.1) is 0 Å². The van der Waals surface area contributed by atoms with Crippen LogP contribution in [0.2, 0.25) is 0 Å². The van der Waals surface area contributed by atoms with Crippen molar-refractivity contribution in [1.82, 2.24) is 9.97 Å². The van der Waals surface area contributed by atoms with E-state index in [4.69, 9.17) is 4.98 Å². The SMILES string of the molecule is CCCC(CCC)c1nc2cc(N(C)C)c(NC)cc2[nH]1. The molecule has 4 heteroatoms. The van der Waals surface area contributed by atoms with Crippen LogP contribution >= 0.6 is 0 Å². The minimum absolute atomic E-state index is 0.549. The molecule has 2 aromatic rings. The first-order valence-corrected chi connectivity index (χ1v) is 7.99. The van der Waals surface area contributed by atoms with Crippen LogP contribution in [-0.4, -0.2) is 31.1 Å². The Bertz CT molecular complexity index is 580. The summed E-state index contributed by atoms with van der Waals surface area (Å²) >= 11 is 0. The van der Waals surface area contributed by atoms with Crippen LogP contribution in [0.25, 0.3) is 11.0 Å². The van der Waals surface area contributed by atoms with Crippen molar-refractivity contribution < 1.29 is 0 Å². The van der Waals surface area contributed by atoms with Gasteiger partial charge in [-0.15, -0.1) is 0 Å². The molecule has 2 rings (SSSR count). The number of aromatic amines is 1. The molecule has 1 aromatic carbocycles. The maximum atomic E-state index is 4.86. The van der Waals surface area contributed by atoms with E-state index in [2.05, 4.69) is 55.3 Å². The third kappa shape index (κ3) is 3.31. The molecule has 0 aliphatic heterocycles. The summed E-state index contributed by atoms with van der Waals surface area (Å²) in [6.45, 7) is 4.49. The first-order valence-electron chi connectivity index (χ1n) is 7.99. The lowest BCUT2D eigenvalue weighted by atomic mass is 9.98. The van der Waals surface area contributed by atoms with E-state index in [0.717, 1.165) is 22.5 Å². The topological polar surface area (TPSA) is 44.0 Å². The molecule has 0 fully saturated rings. The molecule has 116 valence electrons. The molecule has 0 aliphatic carbocycles. The zero-order valence-electron chi connectivity index (χ0n) is 14.0. The van der Waals surface area contributed by atoms with E-state index in [1.807, 2.05) is 7.05 Å². The first kappa shape index (κ1) is 15.7. The van der Waals surface area contributed by atoms with Gasteiger partial charge in [0.1, 0.15) is 5.82 Å². The quantitative estimate of drug-likeness (QED) is 0.796. The largest absolute Gasteiger partial charge is 0.386 e. The van der Waals surface area contributed by atoms with Crippen LogP contribution in [0.15, 0.2) is 12.1 Å². The fourth-order valence-corrected chi connectivity index (χ4v) is 2.94. The molecule has 2 N–H and O–H groups in total. The first-order chi connectivity index (χ1) is 10.1. The maximum Gasteiger partial charge on any atom is 0.110 e. The predicted octanol–water partition coefficient (Wildman–Crippen LogP) is 4.35. The number of rotatable bonds is 7. The van der Waals surface area contributed by atoms with Crippen LogP contribution in [-0.2, 0) is 0 Å². The fraction of sp³-hybridized carbons (Fsp3) is 0.588. The highest BCUT2D eigenvalue weighted by molar-refractivity contribution is 5.88. The number of nitrogens with zero attached hydrogens (tertiary/aromatic N) is 2. The Morgan fingerprint density at radius 2 is 1.86 bits per heavy atom. The number of aromatic nitrogens is 2. The van der Waals surface area contributed by atoms with Gasteiger partial charge >= 0.3 is 0 Å². The Morgan fingerprint density at radius 1 is 1.19 bits per heavy atom. The molecule has 0 saturated heterocycles. The second-order valence-electron chi connectivity index (χ2n) is 5.93. The average molecular weight is 288 g/mol. The number of H-pyrrole nitrogens is 1. The summed E-state index contributed by atoms with van der Waals surface area (Å²) < 4.78 is 0. The average Bonchev–Trinajstić information content (AvgIpc) is 2.88. The molecule has 0 radical (unpaired) electrons. The number of anilines is 2. The standard InChI is InChI=1S/C17H28N4/c1-6-8-12(9-7-2)17-19-13-10-15(18-3)16(21(4)5)11-14(13)20-17/h10-12,18H,6-9H2,1-5H3,(H,19,20). The molecule has 0 atom stereocenters. The molecule has 0 unspecified atom stereocenters. The molecule has 0 saturated carbocycles. The van der Waals surface area contributed by atoms with E-state index in [1.54, 1.807) is 0 Å². The Balaban J connectivity index is 2.44. The van der Waals surface area contributed by atoms with Crippen LogP contribution < -0.4 is 10.2 Å². The van der Waals surface area contributed by atoms with Gasteiger partial charge in [-0.1, -0.05) is 26.7 Å². The second kappa shape index (κ2) is 6.83. The highest BCUT2D eigenvalue weighted by Gasteiger charge is 2.16. The van der Waals surface area contributed by atoms with Crippen molar-refractivity contribution in [2.45, 2.75) is 45.4 Å². The normalized spacial score (nSPS) is 11.3. The van der Waals surface area contributed by atoms with Crippen molar-refractivity contribution in [1.29, 1.82) is 0 Å². The molecule has 21 heavy (non-hydrogen) atoms. The van der Waals surface area contributed by atoms with Gasteiger partial charge in [-0.05, 0) is 25.0 Å². The summed E-state index contributed by atoms with van der Waals surface area (Å²) in [5.74, 6) is 1.69. The highest BCUT2D eigenvalue weighted by atomic mass is 15.1. The van der Waals surface area contributed by atoms with Gasteiger partial charge < -0.3 is 15.2 Å². The van der Waals surface area contributed by atoms with Crippen molar-refractivity contribution in [3.63, 3.8) is 0 Å². The van der Waals surface area contributed by atoms with Crippen LogP contribution in [0.4, 0.5) is 11.4 Å². The number of hydrogen-bond acceptors (Lipinski definition) is 3. The zero-order valence-corrected chi connectivity index (χ0v) is 14.0. The van der Waals surface area contributed by atoms with Gasteiger partial charge in [-0.25, -0.2) is 4.98 Å². The maximum absolute atomic E-state index is 4.86. The molecular weight excluding hydrogens is 260 g/mol.